The van der Waals surface area contributed by atoms with E-state index in [1.54, 1.807) is 6.20 Å². The highest BCUT2D eigenvalue weighted by molar-refractivity contribution is 7.15. The summed E-state index contributed by atoms with van der Waals surface area (Å²) in [5.41, 5.74) is 1.99. The fourth-order valence-corrected chi connectivity index (χ4v) is 3.29. The molecule has 0 spiro atoms. The third-order valence-corrected chi connectivity index (χ3v) is 4.54. The number of carbonyl (C=O) groups is 1. The van der Waals surface area contributed by atoms with Crippen molar-refractivity contribution in [3.8, 4) is 0 Å². The van der Waals surface area contributed by atoms with Gasteiger partial charge in [0.1, 0.15) is 5.01 Å². The maximum absolute atomic E-state index is 12.5. The second-order valence-electron chi connectivity index (χ2n) is 5.92. The first-order valence-corrected chi connectivity index (χ1v) is 8.79. The van der Waals surface area contributed by atoms with Crippen molar-refractivity contribution >= 4 is 33.4 Å². The molecule has 0 unspecified atom stereocenters. The minimum Gasteiger partial charge on any atom is -0.296 e. The molecule has 1 amide bonds. The number of anilines is 1. The van der Waals surface area contributed by atoms with Crippen molar-refractivity contribution < 1.29 is 4.79 Å². The molecule has 0 aromatic carbocycles. The molecule has 0 radical (unpaired) electrons. The van der Waals surface area contributed by atoms with Crippen LogP contribution >= 0.6 is 11.3 Å². The van der Waals surface area contributed by atoms with Gasteiger partial charge < -0.3 is 0 Å². The predicted octanol–water partition coefficient (Wildman–Crippen LogP) is 3.38. The van der Waals surface area contributed by atoms with Gasteiger partial charge in [-0.3, -0.25) is 10.1 Å². The third-order valence-electron chi connectivity index (χ3n) is 3.64. The normalized spacial score (nSPS) is 11.4. The van der Waals surface area contributed by atoms with Crippen molar-refractivity contribution in [3.05, 3.63) is 28.5 Å². The summed E-state index contributed by atoms with van der Waals surface area (Å²) in [6.07, 6.45) is 3.61. The maximum Gasteiger partial charge on any atom is 0.259 e. The average molecular weight is 344 g/mol. The molecule has 0 bridgehead atoms. The molecule has 7 nitrogen and oxygen atoms in total. The molecular formula is C16H20N6OS. The standard InChI is InChI=1S/C16H20N6OS/c1-5-6-13-20-21-16(24-13)19-15(23)12-7-11-8-17-22(9(2)3)14(11)18-10(12)4/h7-9H,5-6H2,1-4H3,(H,19,21,23). The number of nitrogens with zero attached hydrogens (tertiary/aromatic N) is 5. The molecule has 3 aromatic rings. The van der Waals surface area contributed by atoms with E-state index in [1.165, 1.54) is 11.3 Å². The summed E-state index contributed by atoms with van der Waals surface area (Å²) >= 11 is 1.41. The Morgan fingerprint density at radius 1 is 1.38 bits per heavy atom. The van der Waals surface area contributed by atoms with Crippen LogP contribution < -0.4 is 5.32 Å². The highest BCUT2D eigenvalue weighted by atomic mass is 32.1. The Bertz CT molecular complexity index is 882. The molecule has 8 heteroatoms. The summed E-state index contributed by atoms with van der Waals surface area (Å²) in [5.74, 6) is -0.224. The molecule has 0 aliphatic rings. The van der Waals surface area contributed by atoms with E-state index in [1.807, 2.05) is 31.5 Å². The van der Waals surface area contributed by atoms with Gasteiger partial charge in [-0.05, 0) is 33.3 Å². The monoisotopic (exact) mass is 344 g/mol. The summed E-state index contributed by atoms with van der Waals surface area (Å²) in [5, 5.41) is 17.5. The highest BCUT2D eigenvalue weighted by Gasteiger charge is 2.16. The van der Waals surface area contributed by atoms with Crippen LogP contribution in [0.1, 0.15) is 54.3 Å². The number of aromatic nitrogens is 5. The highest BCUT2D eigenvalue weighted by Crippen LogP contribution is 2.21. The largest absolute Gasteiger partial charge is 0.296 e. The lowest BCUT2D eigenvalue weighted by Gasteiger charge is -2.08. The van der Waals surface area contributed by atoms with Gasteiger partial charge in [-0.2, -0.15) is 5.10 Å². The van der Waals surface area contributed by atoms with Crippen molar-refractivity contribution in [3.63, 3.8) is 0 Å². The first-order chi connectivity index (χ1) is 11.5. The Balaban J connectivity index is 1.87. The SMILES string of the molecule is CCCc1nnc(NC(=O)c2cc3cnn(C(C)C)c3nc2C)s1. The molecule has 1 N–H and O–H groups in total. The van der Waals surface area contributed by atoms with Crippen LogP contribution in [0.4, 0.5) is 5.13 Å². The van der Waals surface area contributed by atoms with E-state index >= 15 is 0 Å². The van der Waals surface area contributed by atoms with Crippen LogP contribution in [-0.4, -0.2) is 30.9 Å². The summed E-state index contributed by atoms with van der Waals surface area (Å²) in [4.78, 5) is 17.1. The Labute approximate surface area is 144 Å². The van der Waals surface area contributed by atoms with Gasteiger partial charge in [-0.15, -0.1) is 10.2 Å². The number of hydrogen-bond donors (Lipinski definition) is 1. The molecule has 0 saturated carbocycles. The van der Waals surface area contributed by atoms with Gasteiger partial charge in [-0.25, -0.2) is 9.67 Å². The number of pyridine rings is 1. The van der Waals surface area contributed by atoms with Crippen LogP contribution in [0.5, 0.6) is 0 Å². The number of rotatable bonds is 5. The number of amides is 1. The Morgan fingerprint density at radius 2 is 2.17 bits per heavy atom. The number of aryl methyl sites for hydroxylation is 2. The number of hydrogen-bond acceptors (Lipinski definition) is 6. The van der Waals surface area contributed by atoms with Crippen molar-refractivity contribution in [1.82, 2.24) is 25.0 Å². The fraction of sp³-hybridized carbons (Fsp3) is 0.438. The van der Waals surface area contributed by atoms with Gasteiger partial charge in [-0.1, -0.05) is 18.3 Å². The minimum atomic E-state index is -0.224. The zero-order chi connectivity index (χ0) is 17.3. The number of fused-ring (bicyclic) bond motifs is 1. The summed E-state index contributed by atoms with van der Waals surface area (Å²) in [6.45, 7) is 8.01. The molecule has 0 atom stereocenters. The van der Waals surface area contributed by atoms with E-state index in [0.717, 1.165) is 28.9 Å². The second-order valence-corrected chi connectivity index (χ2v) is 6.98. The molecule has 0 fully saturated rings. The summed E-state index contributed by atoms with van der Waals surface area (Å²) < 4.78 is 1.85. The smallest absolute Gasteiger partial charge is 0.259 e. The fourth-order valence-electron chi connectivity index (χ4n) is 2.46. The number of nitrogens with one attached hydrogen (secondary N) is 1. The van der Waals surface area contributed by atoms with Gasteiger partial charge in [0, 0.05) is 17.8 Å². The second kappa shape index (κ2) is 6.64. The minimum absolute atomic E-state index is 0.215. The van der Waals surface area contributed by atoms with Gasteiger partial charge in [0.2, 0.25) is 5.13 Å². The van der Waals surface area contributed by atoms with E-state index < -0.39 is 0 Å². The van der Waals surface area contributed by atoms with Crippen molar-refractivity contribution in [2.45, 2.75) is 46.6 Å². The Kier molecular flexibility index (Phi) is 4.57. The first kappa shape index (κ1) is 16.5. The van der Waals surface area contributed by atoms with Crippen LogP contribution in [0.2, 0.25) is 0 Å². The lowest BCUT2D eigenvalue weighted by atomic mass is 10.1. The van der Waals surface area contributed by atoms with Crippen LogP contribution in [-0.2, 0) is 6.42 Å². The van der Waals surface area contributed by atoms with E-state index in [4.69, 9.17) is 0 Å². The summed E-state index contributed by atoms with van der Waals surface area (Å²) in [7, 11) is 0. The van der Waals surface area contributed by atoms with Gasteiger partial charge >= 0.3 is 0 Å². The zero-order valence-electron chi connectivity index (χ0n) is 14.2. The Morgan fingerprint density at radius 3 is 2.88 bits per heavy atom. The van der Waals surface area contributed by atoms with Gasteiger partial charge in [0.05, 0.1) is 17.5 Å². The van der Waals surface area contributed by atoms with E-state index in [-0.39, 0.29) is 11.9 Å². The van der Waals surface area contributed by atoms with Gasteiger partial charge in [0.15, 0.2) is 5.65 Å². The predicted molar refractivity (Wildman–Crippen MR) is 94.5 cm³/mol. The van der Waals surface area contributed by atoms with Crippen LogP contribution in [0, 0.1) is 6.92 Å². The molecule has 3 rings (SSSR count). The Hall–Kier alpha value is -2.35. The molecule has 126 valence electrons. The maximum atomic E-state index is 12.5. The zero-order valence-corrected chi connectivity index (χ0v) is 15.0. The molecule has 0 saturated heterocycles. The van der Waals surface area contributed by atoms with Gasteiger partial charge in [0.25, 0.3) is 5.91 Å². The van der Waals surface area contributed by atoms with Crippen LogP contribution in [0.3, 0.4) is 0 Å². The molecule has 0 aliphatic carbocycles. The average Bonchev–Trinajstić information content (AvgIpc) is 3.13. The molecule has 24 heavy (non-hydrogen) atoms. The van der Waals surface area contributed by atoms with Crippen molar-refractivity contribution in [1.29, 1.82) is 0 Å². The van der Waals surface area contributed by atoms with E-state index in [2.05, 4.69) is 32.5 Å². The molecular weight excluding hydrogens is 324 g/mol. The topological polar surface area (TPSA) is 85.6 Å². The quantitative estimate of drug-likeness (QED) is 0.767. The van der Waals surface area contributed by atoms with Crippen molar-refractivity contribution in [2.24, 2.45) is 0 Å². The molecule has 3 heterocycles. The lowest BCUT2D eigenvalue weighted by Crippen LogP contribution is -2.14. The molecule has 0 aliphatic heterocycles. The summed E-state index contributed by atoms with van der Waals surface area (Å²) in [6, 6.07) is 2.04. The van der Waals surface area contributed by atoms with E-state index in [0.29, 0.717) is 16.4 Å². The number of carbonyl (C=O) groups excluding carboxylic acids is 1. The van der Waals surface area contributed by atoms with Crippen molar-refractivity contribution in [2.75, 3.05) is 5.32 Å². The van der Waals surface area contributed by atoms with E-state index in [9.17, 15) is 4.79 Å². The molecule has 3 aromatic heterocycles. The van der Waals surface area contributed by atoms with Crippen LogP contribution in [0.25, 0.3) is 11.0 Å². The first-order valence-electron chi connectivity index (χ1n) is 7.98. The van der Waals surface area contributed by atoms with Crippen LogP contribution in [0.15, 0.2) is 12.3 Å². The lowest BCUT2D eigenvalue weighted by molar-refractivity contribution is 0.102. The third kappa shape index (κ3) is 3.14.